The normalized spacial score (nSPS) is 14.4. The van der Waals surface area contributed by atoms with E-state index in [0.29, 0.717) is 11.3 Å². The summed E-state index contributed by atoms with van der Waals surface area (Å²) in [5.41, 5.74) is 0.471. The highest BCUT2D eigenvalue weighted by molar-refractivity contribution is 9.10. The van der Waals surface area contributed by atoms with Crippen LogP contribution < -0.4 is 10.2 Å². The summed E-state index contributed by atoms with van der Waals surface area (Å²) in [6, 6.07) is 4.97. The van der Waals surface area contributed by atoms with E-state index in [4.69, 9.17) is 0 Å². The summed E-state index contributed by atoms with van der Waals surface area (Å²) in [6.45, 7) is 5.63. The predicted octanol–water partition coefficient (Wildman–Crippen LogP) is 2.28. The van der Waals surface area contributed by atoms with Crippen LogP contribution in [0, 0.1) is 0 Å². The average Bonchev–Trinajstić information content (AvgIpc) is 2.63. The number of nitrogens with one attached hydrogen (secondary N) is 1. The van der Waals surface area contributed by atoms with E-state index < -0.39 is 11.7 Å². The average molecular weight is 353 g/mol. The van der Waals surface area contributed by atoms with Crippen LogP contribution in [0.3, 0.4) is 0 Å². The molecular weight excluding hydrogens is 336 g/mol. The maximum Gasteiger partial charge on any atom is 0.299 e. The number of halogens is 1. The number of carbonyl (C=O) groups excluding carboxylic acids is 3. The van der Waals surface area contributed by atoms with E-state index in [0.717, 1.165) is 10.9 Å². The fraction of sp³-hybridized carbons (Fsp3) is 0.400. The van der Waals surface area contributed by atoms with Gasteiger partial charge in [0, 0.05) is 10.0 Å². The lowest BCUT2D eigenvalue weighted by Gasteiger charge is -2.26. The van der Waals surface area contributed by atoms with E-state index in [1.165, 1.54) is 4.90 Å². The van der Waals surface area contributed by atoms with E-state index in [-0.39, 0.29) is 18.0 Å². The predicted molar refractivity (Wildman–Crippen MR) is 83.3 cm³/mol. The van der Waals surface area contributed by atoms with Crippen LogP contribution >= 0.6 is 15.9 Å². The number of fused-ring (bicyclic) bond motifs is 1. The minimum absolute atomic E-state index is 0.155. The van der Waals surface area contributed by atoms with E-state index in [9.17, 15) is 14.4 Å². The van der Waals surface area contributed by atoms with Crippen LogP contribution in [0.2, 0.25) is 0 Å². The molecule has 0 bridgehead atoms. The zero-order chi connectivity index (χ0) is 15.8. The van der Waals surface area contributed by atoms with Gasteiger partial charge in [0.1, 0.15) is 6.54 Å². The standard InChI is InChI=1S/C15H17BrN2O3/c1-4-15(2,3)17-12(19)8-18-11-7-9(16)5-6-10(11)13(20)14(18)21/h5-7H,4,8H2,1-3H3,(H,17,19). The Morgan fingerprint density at radius 3 is 2.62 bits per heavy atom. The number of nitrogens with zero attached hydrogens (tertiary/aromatic N) is 1. The lowest BCUT2D eigenvalue weighted by molar-refractivity contribution is -0.123. The van der Waals surface area contributed by atoms with E-state index >= 15 is 0 Å². The molecule has 1 heterocycles. The van der Waals surface area contributed by atoms with Crippen molar-refractivity contribution in [3.8, 4) is 0 Å². The molecule has 0 atom stereocenters. The third-order valence-electron chi connectivity index (χ3n) is 3.60. The monoisotopic (exact) mass is 352 g/mol. The topological polar surface area (TPSA) is 66.5 Å². The maximum atomic E-state index is 12.1. The van der Waals surface area contributed by atoms with Crippen LogP contribution in [0.5, 0.6) is 0 Å². The Balaban J connectivity index is 2.22. The quantitative estimate of drug-likeness (QED) is 0.845. The zero-order valence-corrected chi connectivity index (χ0v) is 13.8. The number of benzene rings is 1. The van der Waals surface area contributed by atoms with Crippen LogP contribution in [0.1, 0.15) is 37.6 Å². The summed E-state index contributed by atoms with van der Waals surface area (Å²) in [7, 11) is 0. The molecule has 0 saturated heterocycles. The molecule has 0 spiro atoms. The van der Waals surface area contributed by atoms with Crippen LogP contribution in [-0.2, 0) is 9.59 Å². The number of hydrogen-bond donors (Lipinski definition) is 1. The lowest BCUT2D eigenvalue weighted by atomic mass is 10.0. The van der Waals surface area contributed by atoms with Crippen molar-refractivity contribution >= 4 is 39.2 Å². The molecule has 5 nitrogen and oxygen atoms in total. The highest BCUT2D eigenvalue weighted by Gasteiger charge is 2.37. The molecule has 2 amide bonds. The molecule has 0 fully saturated rings. The van der Waals surface area contributed by atoms with Gasteiger partial charge in [-0.3, -0.25) is 19.3 Å². The van der Waals surface area contributed by atoms with Gasteiger partial charge >= 0.3 is 0 Å². The first kappa shape index (κ1) is 15.7. The molecule has 112 valence electrons. The first-order valence-corrected chi connectivity index (χ1v) is 7.51. The van der Waals surface area contributed by atoms with Gasteiger partial charge in [-0.15, -0.1) is 0 Å². The fourth-order valence-corrected chi connectivity index (χ4v) is 2.42. The molecule has 1 aliphatic heterocycles. The van der Waals surface area contributed by atoms with Crippen molar-refractivity contribution in [1.29, 1.82) is 0 Å². The van der Waals surface area contributed by atoms with Crippen molar-refractivity contribution in [1.82, 2.24) is 5.32 Å². The molecule has 0 aromatic heterocycles. The maximum absolute atomic E-state index is 12.1. The van der Waals surface area contributed by atoms with Gasteiger partial charge < -0.3 is 5.32 Å². The zero-order valence-electron chi connectivity index (χ0n) is 12.2. The van der Waals surface area contributed by atoms with Crippen molar-refractivity contribution < 1.29 is 14.4 Å². The first-order valence-electron chi connectivity index (χ1n) is 6.72. The Bertz CT molecular complexity index is 625. The summed E-state index contributed by atoms with van der Waals surface area (Å²) in [5.74, 6) is -1.51. The third-order valence-corrected chi connectivity index (χ3v) is 4.09. The number of hydrogen-bond acceptors (Lipinski definition) is 3. The number of rotatable bonds is 4. The third kappa shape index (κ3) is 3.15. The van der Waals surface area contributed by atoms with Crippen molar-refractivity contribution in [2.75, 3.05) is 11.4 Å². The molecule has 1 N–H and O–H groups in total. The number of anilines is 1. The first-order chi connectivity index (χ1) is 9.75. The van der Waals surface area contributed by atoms with E-state index in [2.05, 4.69) is 21.2 Å². The molecule has 0 radical (unpaired) electrons. The van der Waals surface area contributed by atoms with Crippen molar-refractivity contribution in [2.45, 2.75) is 32.7 Å². The van der Waals surface area contributed by atoms with E-state index in [1.807, 2.05) is 20.8 Å². The van der Waals surface area contributed by atoms with Crippen molar-refractivity contribution in [3.63, 3.8) is 0 Å². The van der Waals surface area contributed by atoms with Crippen LogP contribution in [0.15, 0.2) is 22.7 Å². The summed E-state index contributed by atoms with van der Waals surface area (Å²) in [5, 5.41) is 2.86. The van der Waals surface area contributed by atoms with Crippen molar-refractivity contribution in [2.24, 2.45) is 0 Å². The summed E-state index contributed by atoms with van der Waals surface area (Å²) in [4.78, 5) is 37.2. The Kier molecular flexibility index (Phi) is 4.18. The summed E-state index contributed by atoms with van der Waals surface area (Å²) in [6.07, 6.45) is 0.772. The SMILES string of the molecule is CCC(C)(C)NC(=O)CN1C(=O)C(=O)c2ccc(Br)cc21. The van der Waals surface area contributed by atoms with Crippen LogP contribution in [-0.4, -0.2) is 29.7 Å². The van der Waals surface area contributed by atoms with Gasteiger partial charge in [-0.1, -0.05) is 22.9 Å². The molecule has 0 unspecified atom stereocenters. The fourth-order valence-electron chi connectivity index (χ4n) is 2.07. The lowest BCUT2D eigenvalue weighted by Crippen LogP contribution is -2.48. The number of ketones is 1. The minimum atomic E-state index is -0.660. The van der Waals surface area contributed by atoms with Crippen molar-refractivity contribution in [3.05, 3.63) is 28.2 Å². The molecular formula is C15H17BrN2O3. The second kappa shape index (κ2) is 5.60. The second-order valence-corrected chi connectivity index (χ2v) is 6.58. The molecule has 21 heavy (non-hydrogen) atoms. The Labute approximate surface area is 131 Å². The minimum Gasteiger partial charge on any atom is -0.350 e. The van der Waals surface area contributed by atoms with Gasteiger partial charge in [-0.05, 0) is 38.5 Å². The van der Waals surface area contributed by atoms with Gasteiger partial charge in [0.25, 0.3) is 11.7 Å². The Hall–Kier alpha value is -1.69. The Morgan fingerprint density at radius 1 is 1.33 bits per heavy atom. The molecule has 0 aliphatic carbocycles. The number of Topliss-reactive ketones (excluding diaryl/α,β-unsaturated/α-hetero) is 1. The summed E-state index contributed by atoms with van der Waals surface area (Å²) < 4.78 is 0.753. The van der Waals surface area contributed by atoms with Gasteiger partial charge in [-0.2, -0.15) is 0 Å². The number of carbonyl (C=O) groups is 3. The molecule has 0 saturated carbocycles. The molecule has 1 aromatic rings. The molecule has 2 rings (SSSR count). The van der Waals surface area contributed by atoms with Crippen LogP contribution in [0.25, 0.3) is 0 Å². The van der Waals surface area contributed by atoms with Gasteiger partial charge in [0.2, 0.25) is 5.91 Å². The van der Waals surface area contributed by atoms with Crippen LogP contribution in [0.4, 0.5) is 5.69 Å². The summed E-state index contributed by atoms with van der Waals surface area (Å²) >= 11 is 3.31. The Morgan fingerprint density at radius 2 is 2.00 bits per heavy atom. The van der Waals surface area contributed by atoms with Gasteiger partial charge in [0.15, 0.2) is 0 Å². The molecule has 1 aromatic carbocycles. The second-order valence-electron chi connectivity index (χ2n) is 5.67. The number of amides is 2. The smallest absolute Gasteiger partial charge is 0.299 e. The largest absolute Gasteiger partial charge is 0.350 e. The van der Waals surface area contributed by atoms with E-state index in [1.54, 1.807) is 18.2 Å². The van der Waals surface area contributed by atoms with Gasteiger partial charge in [0.05, 0.1) is 11.3 Å². The highest BCUT2D eigenvalue weighted by atomic mass is 79.9. The molecule has 6 heteroatoms. The highest BCUT2D eigenvalue weighted by Crippen LogP contribution is 2.31. The molecule has 1 aliphatic rings. The van der Waals surface area contributed by atoms with Gasteiger partial charge in [-0.25, -0.2) is 0 Å².